The molecule has 3 rings (SSSR count). The van der Waals surface area contributed by atoms with Gasteiger partial charge in [-0.05, 0) is 48.7 Å². The van der Waals surface area contributed by atoms with Gasteiger partial charge in [0, 0.05) is 0 Å². The number of hydrogen-bond acceptors (Lipinski definition) is 2. The fourth-order valence-corrected chi connectivity index (χ4v) is 2.95. The third-order valence-electron chi connectivity index (χ3n) is 4.50. The quantitative estimate of drug-likeness (QED) is 0.386. The van der Waals surface area contributed by atoms with E-state index in [1.807, 2.05) is 42.5 Å². The SMILES string of the molecule is CCCCCCCCc1ccccc1Oc1ccccc1.Oc1ccccc1. The third kappa shape index (κ3) is 8.77. The average Bonchev–Trinajstić information content (AvgIpc) is 2.73. The second-order valence-electron chi connectivity index (χ2n) is 6.88. The lowest BCUT2D eigenvalue weighted by Crippen LogP contribution is -1.92. The van der Waals surface area contributed by atoms with Gasteiger partial charge in [0.25, 0.3) is 0 Å². The molecule has 0 amide bonds. The summed E-state index contributed by atoms with van der Waals surface area (Å²) in [6.45, 7) is 2.26. The molecule has 0 fully saturated rings. The molecule has 0 heterocycles. The molecule has 0 atom stereocenters. The lowest BCUT2D eigenvalue weighted by Gasteiger charge is -2.11. The molecule has 3 aromatic carbocycles. The van der Waals surface area contributed by atoms with Crippen molar-refractivity contribution >= 4 is 0 Å². The zero-order chi connectivity index (χ0) is 19.9. The highest BCUT2D eigenvalue weighted by Crippen LogP contribution is 2.26. The second-order valence-corrected chi connectivity index (χ2v) is 6.88. The molecule has 2 nitrogen and oxygen atoms in total. The van der Waals surface area contributed by atoms with Crippen molar-refractivity contribution in [1.82, 2.24) is 0 Å². The maximum atomic E-state index is 8.63. The third-order valence-corrected chi connectivity index (χ3v) is 4.50. The number of phenolic OH excluding ortho intramolecular Hbond substituents is 1. The van der Waals surface area contributed by atoms with Crippen LogP contribution in [0.4, 0.5) is 0 Å². The van der Waals surface area contributed by atoms with Crippen LogP contribution in [0, 0.1) is 0 Å². The molecule has 0 aromatic heterocycles. The van der Waals surface area contributed by atoms with Gasteiger partial charge in [-0.1, -0.05) is 93.6 Å². The van der Waals surface area contributed by atoms with Crippen LogP contribution in [-0.2, 0) is 6.42 Å². The van der Waals surface area contributed by atoms with Crippen LogP contribution >= 0.6 is 0 Å². The van der Waals surface area contributed by atoms with Gasteiger partial charge in [-0.3, -0.25) is 0 Å². The standard InChI is InChI=1S/C20H26O.C6H6O/c1-2-3-4-5-6-8-13-18-14-11-12-17-20(18)21-19-15-9-7-10-16-19;7-6-4-2-1-3-5-6/h7,9-12,14-17H,2-6,8,13H2,1H3;1-5,7H. The Hall–Kier alpha value is -2.74. The Morgan fingerprint density at radius 3 is 1.86 bits per heavy atom. The number of ether oxygens (including phenoxy) is 1. The summed E-state index contributed by atoms with van der Waals surface area (Å²) < 4.78 is 6.01. The molecule has 0 spiro atoms. The van der Waals surface area contributed by atoms with E-state index in [2.05, 4.69) is 25.1 Å². The molecule has 28 heavy (non-hydrogen) atoms. The van der Waals surface area contributed by atoms with Gasteiger partial charge >= 0.3 is 0 Å². The van der Waals surface area contributed by atoms with E-state index in [4.69, 9.17) is 9.84 Å². The van der Waals surface area contributed by atoms with Crippen molar-refractivity contribution in [2.24, 2.45) is 0 Å². The molecule has 0 aliphatic heterocycles. The molecule has 2 heteroatoms. The molecule has 0 radical (unpaired) electrons. The highest BCUT2D eigenvalue weighted by molar-refractivity contribution is 5.37. The largest absolute Gasteiger partial charge is 0.508 e. The number of phenols is 1. The zero-order valence-electron chi connectivity index (χ0n) is 16.9. The minimum Gasteiger partial charge on any atom is -0.508 e. The van der Waals surface area contributed by atoms with E-state index in [1.54, 1.807) is 24.3 Å². The Balaban J connectivity index is 0.000000336. The van der Waals surface area contributed by atoms with E-state index in [0.29, 0.717) is 5.75 Å². The van der Waals surface area contributed by atoms with Gasteiger partial charge in [0.15, 0.2) is 0 Å². The lowest BCUT2D eigenvalue weighted by molar-refractivity contribution is 0.474. The summed E-state index contributed by atoms with van der Waals surface area (Å²) in [6, 6.07) is 27.1. The first-order valence-electron chi connectivity index (χ1n) is 10.3. The van der Waals surface area contributed by atoms with Gasteiger partial charge in [-0.25, -0.2) is 0 Å². The van der Waals surface area contributed by atoms with Crippen molar-refractivity contribution in [3.8, 4) is 17.2 Å². The van der Waals surface area contributed by atoms with Crippen molar-refractivity contribution in [2.75, 3.05) is 0 Å². The summed E-state index contributed by atoms with van der Waals surface area (Å²) in [5.74, 6) is 2.23. The summed E-state index contributed by atoms with van der Waals surface area (Å²) in [7, 11) is 0. The fraction of sp³-hybridized carbons (Fsp3) is 0.308. The summed E-state index contributed by atoms with van der Waals surface area (Å²) in [5, 5.41) is 8.63. The second kappa shape index (κ2) is 13.4. The Morgan fingerprint density at radius 2 is 1.21 bits per heavy atom. The van der Waals surface area contributed by atoms with Crippen LogP contribution < -0.4 is 4.74 Å². The van der Waals surface area contributed by atoms with E-state index in [9.17, 15) is 0 Å². The first kappa shape index (κ1) is 21.6. The van der Waals surface area contributed by atoms with E-state index < -0.39 is 0 Å². The predicted molar refractivity (Wildman–Crippen MR) is 118 cm³/mol. The van der Waals surface area contributed by atoms with Gasteiger partial charge in [0.2, 0.25) is 0 Å². The molecular weight excluding hydrogens is 344 g/mol. The van der Waals surface area contributed by atoms with Crippen LogP contribution in [0.5, 0.6) is 17.2 Å². The molecule has 0 unspecified atom stereocenters. The van der Waals surface area contributed by atoms with Crippen LogP contribution in [0.3, 0.4) is 0 Å². The van der Waals surface area contributed by atoms with Crippen molar-refractivity contribution in [2.45, 2.75) is 51.9 Å². The number of benzene rings is 3. The smallest absolute Gasteiger partial charge is 0.130 e. The normalized spacial score (nSPS) is 10.0. The summed E-state index contributed by atoms with van der Waals surface area (Å²) in [6.07, 6.45) is 9.09. The van der Waals surface area contributed by atoms with E-state index in [-0.39, 0.29) is 0 Å². The number of unbranched alkanes of at least 4 members (excludes halogenated alkanes) is 5. The van der Waals surface area contributed by atoms with E-state index >= 15 is 0 Å². The fourth-order valence-electron chi connectivity index (χ4n) is 2.95. The molecule has 0 saturated heterocycles. The van der Waals surface area contributed by atoms with E-state index in [0.717, 1.165) is 17.9 Å². The minimum absolute atomic E-state index is 0.322. The maximum absolute atomic E-state index is 8.63. The van der Waals surface area contributed by atoms with Crippen LogP contribution in [0.1, 0.15) is 51.0 Å². The van der Waals surface area contributed by atoms with Gasteiger partial charge in [0.05, 0.1) is 0 Å². The van der Waals surface area contributed by atoms with Crippen molar-refractivity contribution in [3.05, 3.63) is 90.5 Å². The molecule has 0 bridgehead atoms. The number of rotatable bonds is 9. The molecule has 148 valence electrons. The Bertz CT molecular complexity index is 754. The van der Waals surface area contributed by atoms with Crippen molar-refractivity contribution in [1.29, 1.82) is 0 Å². The first-order valence-corrected chi connectivity index (χ1v) is 10.3. The zero-order valence-corrected chi connectivity index (χ0v) is 16.9. The minimum atomic E-state index is 0.322. The molecule has 3 aromatic rings. The first-order chi connectivity index (χ1) is 13.8. The monoisotopic (exact) mass is 376 g/mol. The number of aryl methyl sites for hydroxylation is 1. The summed E-state index contributed by atoms with van der Waals surface area (Å²) in [5.41, 5.74) is 1.32. The van der Waals surface area contributed by atoms with Crippen LogP contribution in [-0.4, -0.2) is 5.11 Å². The maximum Gasteiger partial charge on any atom is 0.130 e. The molecule has 0 aliphatic carbocycles. The number of para-hydroxylation sites is 3. The highest BCUT2D eigenvalue weighted by atomic mass is 16.5. The highest BCUT2D eigenvalue weighted by Gasteiger charge is 2.04. The average molecular weight is 377 g/mol. The molecule has 0 aliphatic rings. The Kier molecular flexibility index (Phi) is 10.3. The number of hydrogen-bond donors (Lipinski definition) is 1. The van der Waals surface area contributed by atoms with Gasteiger partial charge in [-0.15, -0.1) is 0 Å². The van der Waals surface area contributed by atoms with Crippen LogP contribution in [0.2, 0.25) is 0 Å². The predicted octanol–water partition coefficient (Wildman–Crippen LogP) is 7.77. The van der Waals surface area contributed by atoms with Crippen molar-refractivity contribution in [3.63, 3.8) is 0 Å². The Labute approximate surface area is 169 Å². The number of aromatic hydroxyl groups is 1. The molecule has 1 N–H and O–H groups in total. The van der Waals surface area contributed by atoms with Crippen LogP contribution in [0.25, 0.3) is 0 Å². The van der Waals surface area contributed by atoms with E-state index in [1.165, 1.54) is 44.1 Å². The van der Waals surface area contributed by atoms with Crippen molar-refractivity contribution < 1.29 is 9.84 Å². The molecular formula is C26H32O2. The summed E-state index contributed by atoms with van der Waals surface area (Å²) >= 11 is 0. The molecule has 0 saturated carbocycles. The Morgan fingerprint density at radius 1 is 0.643 bits per heavy atom. The van der Waals surface area contributed by atoms with Gasteiger partial charge in [0.1, 0.15) is 17.2 Å². The summed E-state index contributed by atoms with van der Waals surface area (Å²) in [4.78, 5) is 0. The van der Waals surface area contributed by atoms with Gasteiger partial charge in [-0.2, -0.15) is 0 Å². The van der Waals surface area contributed by atoms with Crippen LogP contribution in [0.15, 0.2) is 84.9 Å². The lowest BCUT2D eigenvalue weighted by atomic mass is 10.0. The topological polar surface area (TPSA) is 29.5 Å². The van der Waals surface area contributed by atoms with Gasteiger partial charge < -0.3 is 9.84 Å².